The van der Waals surface area contributed by atoms with E-state index in [1.54, 1.807) is 12.4 Å². The fourth-order valence-electron chi connectivity index (χ4n) is 2.01. The number of nitrogen functional groups attached to an aromatic ring is 1. The molecule has 1 fully saturated rings. The van der Waals surface area contributed by atoms with Crippen molar-refractivity contribution in [3.63, 3.8) is 0 Å². The van der Waals surface area contributed by atoms with Gasteiger partial charge in [0, 0.05) is 30.7 Å². The molecule has 1 saturated carbocycles. The molecule has 0 saturated heterocycles. The first kappa shape index (κ1) is 11.0. The van der Waals surface area contributed by atoms with E-state index in [1.165, 1.54) is 18.4 Å². The monoisotopic (exact) mass is 240 g/mol. The summed E-state index contributed by atoms with van der Waals surface area (Å²) >= 11 is 0. The number of benzene rings is 1. The van der Waals surface area contributed by atoms with Crippen molar-refractivity contribution in [2.75, 3.05) is 10.6 Å². The van der Waals surface area contributed by atoms with E-state index in [0.717, 1.165) is 18.2 Å². The van der Waals surface area contributed by atoms with Crippen LogP contribution in [-0.4, -0.2) is 16.0 Å². The second-order valence-electron chi connectivity index (χ2n) is 4.65. The van der Waals surface area contributed by atoms with Gasteiger partial charge in [0.15, 0.2) is 0 Å². The van der Waals surface area contributed by atoms with E-state index < -0.39 is 0 Å². The van der Waals surface area contributed by atoms with Crippen molar-refractivity contribution >= 4 is 11.6 Å². The summed E-state index contributed by atoms with van der Waals surface area (Å²) in [5.41, 5.74) is 7.74. The Morgan fingerprint density at radius 3 is 2.39 bits per heavy atom. The molecule has 4 nitrogen and oxygen atoms in total. The summed E-state index contributed by atoms with van der Waals surface area (Å²) in [6.07, 6.45) is 6.04. The first-order valence-electron chi connectivity index (χ1n) is 6.21. The summed E-state index contributed by atoms with van der Waals surface area (Å²) in [4.78, 5) is 11.0. The Morgan fingerprint density at radius 2 is 1.78 bits per heavy atom. The maximum atomic E-state index is 5.70. The molecule has 1 aliphatic carbocycles. The van der Waals surface area contributed by atoms with Crippen molar-refractivity contribution in [3.8, 4) is 0 Å². The largest absolute Gasteiger partial charge is 0.399 e. The van der Waals surface area contributed by atoms with Crippen LogP contribution >= 0.6 is 0 Å². The molecule has 2 N–H and O–H groups in total. The summed E-state index contributed by atoms with van der Waals surface area (Å²) in [6, 6.07) is 10.4. The van der Waals surface area contributed by atoms with Gasteiger partial charge in [0.05, 0.1) is 0 Å². The van der Waals surface area contributed by atoms with Crippen LogP contribution in [0.1, 0.15) is 18.4 Å². The predicted molar refractivity (Wildman–Crippen MR) is 72.1 cm³/mol. The number of aromatic nitrogens is 2. The van der Waals surface area contributed by atoms with Crippen LogP contribution in [0.25, 0.3) is 0 Å². The molecule has 1 heterocycles. The van der Waals surface area contributed by atoms with Gasteiger partial charge in [-0.2, -0.15) is 0 Å². The molecule has 2 aromatic rings. The Kier molecular flexibility index (Phi) is 2.84. The number of rotatable bonds is 4. The minimum atomic E-state index is 0.588. The van der Waals surface area contributed by atoms with Gasteiger partial charge in [0.1, 0.15) is 0 Å². The van der Waals surface area contributed by atoms with Crippen molar-refractivity contribution in [2.24, 2.45) is 0 Å². The topological polar surface area (TPSA) is 55.0 Å². The maximum absolute atomic E-state index is 5.70. The normalized spacial score (nSPS) is 14.4. The van der Waals surface area contributed by atoms with E-state index in [-0.39, 0.29) is 0 Å². The van der Waals surface area contributed by atoms with Gasteiger partial charge >= 0.3 is 0 Å². The highest BCUT2D eigenvalue weighted by Gasteiger charge is 2.30. The van der Waals surface area contributed by atoms with Crippen molar-refractivity contribution < 1.29 is 0 Å². The lowest BCUT2D eigenvalue weighted by atomic mass is 10.2. The Morgan fingerprint density at radius 1 is 1.11 bits per heavy atom. The first-order chi connectivity index (χ1) is 8.83. The maximum Gasteiger partial charge on any atom is 0.225 e. The van der Waals surface area contributed by atoms with Gasteiger partial charge in [0.25, 0.3) is 0 Å². The smallest absolute Gasteiger partial charge is 0.225 e. The summed E-state index contributed by atoms with van der Waals surface area (Å²) < 4.78 is 0. The predicted octanol–water partition coefficient (Wildman–Crippen LogP) is 2.23. The minimum Gasteiger partial charge on any atom is -0.399 e. The highest BCUT2D eigenvalue weighted by atomic mass is 15.3. The Labute approximate surface area is 106 Å². The molecule has 92 valence electrons. The molecule has 0 bridgehead atoms. The van der Waals surface area contributed by atoms with Crippen LogP contribution < -0.4 is 10.6 Å². The van der Waals surface area contributed by atoms with Gasteiger partial charge in [-0.1, -0.05) is 12.1 Å². The van der Waals surface area contributed by atoms with Crippen molar-refractivity contribution in [1.82, 2.24) is 9.97 Å². The molecule has 0 unspecified atom stereocenters. The minimum absolute atomic E-state index is 0.588. The molecule has 1 aromatic heterocycles. The third kappa shape index (κ3) is 2.42. The Balaban J connectivity index is 1.81. The number of nitrogens with zero attached hydrogens (tertiary/aromatic N) is 3. The lowest BCUT2D eigenvalue weighted by Crippen LogP contribution is -2.26. The average molecular weight is 240 g/mol. The zero-order valence-electron chi connectivity index (χ0n) is 10.2. The summed E-state index contributed by atoms with van der Waals surface area (Å²) in [6.45, 7) is 0.842. The molecule has 4 heteroatoms. The quantitative estimate of drug-likeness (QED) is 0.833. The third-order valence-corrected chi connectivity index (χ3v) is 3.13. The second kappa shape index (κ2) is 4.64. The van der Waals surface area contributed by atoms with Gasteiger partial charge in [-0.05, 0) is 36.6 Å². The fraction of sp³-hybridized carbons (Fsp3) is 0.286. The van der Waals surface area contributed by atoms with Crippen LogP contribution in [0.3, 0.4) is 0 Å². The van der Waals surface area contributed by atoms with Crippen molar-refractivity contribution in [2.45, 2.75) is 25.4 Å². The van der Waals surface area contributed by atoms with Gasteiger partial charge in [-0.3, -0.25) is 0 Å². The molecule has 0 atom stereocenters. The second-order valence-corrected chi connectivity index (χ2v) is 4.65. The molecule has 0 aliphatic heterocycles. The van der Waals surface area contributed by atoms with Gasteiger partial charge in [0.2, 0.25) is 5.95 Å². The Hall–Kier alpha value is -2.10. The van der Waals surface area contributed by atoms with Crippen LogP contribution in [0.15, 0.2) is 42.7 Å². The highest BCUT2D eigenvalue weighted by Crippen LogP contribution is 2.30. The average Bonchev–Trinajstić information content (AvgIpc) is 3.23. The van der Waals surface area contributed by atoms with Gasteiger partial charge < -0.3 is 10.6 Å². The lowest BCUT2D eigenvalue weighted by Gasteiger charge is -2.22. The van der Waals surface area contributed by atoms with Gasteiger partial charge in [-0.25, -0.2) is 9.97 Å². The number of anilines is 2. The van der Waals surface area contributed by atoms with Crippen LogP contribution in [0, 0.1) is 0 Å². The molecule has 0 amide bonds. The number of nitrogens with two attached hydrogens (primary N) is 1. The standard InChI is InChI=1S/C14H16N4/c15-12-4-2-11(3-5-12)10-18(13-6-7-13)14-16-8-1-9-17-14/h1-5,8-9,13H,6-7,10,15H2. The van der Waals surface area contributed by atoms with E-state index >= 15 is 0 Å². The highest BCUT2D eigenvalue weighted by molar-refractivity contribution is 5.41. The molecule has 0 radical (unpaired) electrons. The molecule has 18 heavy (non-hydrogen) atoms. The van der Waals surface area contributed by atoms with Crippen molar-refractivity contribution in [3.05, 3.63) is 48.3 Å². The molecular weight excluding hydrogens is 224 g/mol. The van der Waals surface area contributed by atoms with E-state index in [0.29, 0.717) is 6.04 Å². The summed E-state index contributed by atoms with van der Waals surface area (Å²) in [5.74, 6) is 0.817. The zero-order valence-corrected chi connectivity index (χ0v) is 10.2. The van der Waals surface area contributed by atoms with Gasteiger partial charge in [-0.15, -0.1) is 0 Å². The van der Waals surface area contributed by atoms with E-state index in [4.69, 9.17) is 5.73 Å². The molecule has 1 aromatic carbocycles. The van der Waals surface area contributed by atoms with E-state index in [1.807, 2.05) is 18.2 Å². The van der Waals surface area contributed by atoms with E-state index in [9.17, 15) is 0 Å². The van der Waals surface area contributed by atoms with Crippen LogP contribution in [-0.2, 0) is 6.54 Å². The summed E-state index contributed by atoms with van der Waals surface area (Å²) in [5, 5.41) is 0. The molecule has 3 rings (SSSR count). The van der Waals surface area contributed by atoms with Crippen LogP contribution in [0.4, 0.5) is 11.6 Å². The lowest BCUT2D eigenvalue weighted by molar-refractivity contribution is 0.758. The summed E-state index contributed by atoms with van der Waals surface area (Å²) in [7, 11) is 0. The number of hydrogen-bond acceptors (Lipinski definition) is 4. The SMILES string of the molecule is Nc1ccc(CN(c2ncccn2)C2CC2)cc1. The molecule has 0 spiro atoms. The van der Waals surface area contributed by atoms with E-state index in [2.05, 4.69) is 27.0 Å². The fourth-order valence-corrected chi connectivity index (χ4v) is 2.01. The molecular formula is C14H16N4. The van der Waals surface area contributed by atoms with Crippen molar-refractivity contribution in [1.29, 1.82) is 0 Å². The number of hydrogen-bond donors (Lipinski definition) is 1. The molecule has 1 aliphatic rings. The third-order valence-electron chi connectivity index (χ3n) is 3.13. The first-order valence-corrected chi connectivity index (χ1v) is 6.21. The zero-order chi connectivity index (χ0) is 12.4. The van der Waals surface area contributed by atoms with Crippen LogP contribution in [0.5, 0.6) is 0 Å². The van der Waals surface area contributed by atoms with Crippen LogP contribution in [0.2, 0.25) is 0 Å². The Bertz CT molecular complexity index is 505.